The van der Waals surface area contributed by atoms with Crippen molar-refractivity contribution in [2.24, 2.45) is 0 Å². The maximum atomic E-state index is 11.3. The maximum Gasteiger partial charge on any atom is 0.273 e. The Labute approximate surface area is 94.7 Å². The summed E-state index contributed by atoms with van der Waals surface area (Å²) in [7, 11) is -2.19. The molecule has 0 aliphatic carbocycles. The fourth-order valence-electron chi connectivity index (χ4n) is 1.10. The number of aliphatic hydroxyl groups excluding tert-OH is 1. The van der Waals surface area contributed by atoms with Crippen LogP contribution in [0.4, 0.5) is 0 Å². The van der Waals surface area contributed by atoms with Crippen molar-refractivity contribution in [3.63, 3.8) is 0 Å². The van der Waals surface area contributed by atoms with Crippen LogP contribution in [0, 0.1) is 0 Å². The van der Waals surface area contributed by atoms with E-state index in [1.165, 1.54) is 13.1 Å². The van der Waals surface area contributed by atoms with Gasteiger partial charge < -0.3 is 14.8 Å². The molecule has 0 amide bonds. The molecule has 3 N–H and O–H groups in total. The van der Waals surface area contributed by atoms with E-state index in [0.717, 1.165) is 0 Å². The van der Waals surface area contributed by atoms with Crippen LogP contribution in [-0.2, 0) is 16.6 Å². The lowest BCUT2D eigenvalue weighted by molar-refractivity contribution is 0.189. The van der Waals surface area contributed by atoms with Crippen molar-refractivity contribution in [2.75, 3.05) is 13.6 Å². The summed E-state index contributed by atoms with van der Waals surface area (Å²) in [5.41, 5.74) is 0. The van der Waals surface area contributed by atoms with Gasteiger partial charge in [0.15, 0.2) is 0 Å². The second-order valence-corrected chi connectivity index (χ2v) is 5.23. The quantitative estimate of drug-likeness (QED) is 0.640. The highest BCUT2D eigenvalue weighted by atomic mass is 32.2. The van der Waals surface area contributed by atoms with E-state index in [1.807, 2.05) is 0 Å². The highest BCUT2D eigenvalue weighted by Crippen LogP contribution is 2.12. The Morgan fingerprint density at radius 2 is 2.19 bits per heavy atom. The van der Waals surface area contributed by atoms with Gasteiger partial charge in [-0.25, -0.2) is 13.1 Å². The van der Waals surface area contributed by atoms with E-state index in [2.05, 4.69) is 10.0 Å². The minimum absolute atomic E-state index is 0.108. The molecule has 0 aliphatic rings. The molecule has 16 heavy (non-hydrogen) atoms. The van der Waals surface area contributed by atoms with Gasteiger partial charge in [0.05, 0.1) is 12.6 Å². The molecular weight excluding hydrogens is 232 g/mol. The molecule has 0 fully saturated rings. The maximum absolute atomic E-state index is 11.3. The summed E-state index contributed by atoms with van der Waals surface area (Å²) in [6.07, 6.45) is -0.449. The Kier molecular flexibility index (Phi) is 4.48. The fraction of sp³-hybridized carbons (Fsp3) is 0.556. The zero-order valence-electron chi connectivity index (χ0n) is 9.23. The molecule has 0 bridgehead atoms. The molecule has 7 heteroatoms. The second-order valence-electron chi connectivity index (χ2n) is 3.41. The standard InChI is InChI=1S/C9H16N2O4S/c1-7(12)5-11-6-8-3-4-9(15-8)16(13,14)10-2/h3-4,7,10-12H,5-6H2,1-2H3. The summed E-state index contributed by atoms with van der Waals surface area (Å²) < 4.78 is 30.0. The average Bonchev–Trinajstić information content (AvgIpc) is 2.66. The van der Waals surface area contributed by atoms with Gasteiger partial charge >= 0.3 is 0 Å². The molecule has 6 nitrogen and oxygen atoms in total. The zero-order valence-corrected chi connectivity index (χ0v) is 10.0. The van der Waals surface area contributed by atoms with Gasteiger partial charge in [0.2, 0.25) is 5.09 Å². The first-order valence-electron chi connectivity index (χ1n) is 4.86. The van der Waals surface area contributed by atoms with Crippen molar-refractivity contribution >= 4 is 10.0 Å². The van der Waals surface area contributed by atoms with Crippen molar-refractivity contribution in [1.82, 2.24) is 10.0 Å². The number of rotatable bonds is 6. The van der Waals surface area contributed by atoms with E-state index in [1.54, 1.807) is 13.0 Å². The third-order valence-electron chi connectivity index (χ3n) is 1.91. The molecule has 0 saturated carbocycles. The summed E-state index contributed by atoms with van der Waals surface area (Å²) in [5, 5.41) is 11.8. The molecule has 0 aromatic carbocycles. The number of hydrogen-bond donors (Lipinski definition) is 3. The molecule has 1 unspecified atom stereocenters. The fourth-order valence-corrected chi connectivity index (χ4v) is 1.77. The smallest absolute Gasteiger partial charge is 0.273 e. The third kappa shape index (κ3) is 3.60. The number of furan rings is 1. The number of hydrogen-bond acceptors (Lipinski definition) is 5. The Bertz CT molecular complexity index is 424. The van der Waals surface area contributed by atoms with E-state index < -0.39 is 16.1 Å². The Balaban J connectivity index is 2.59. The van der Waals surface area contributed by atoms with Gasteiger partial charge in [0.1, 0.15) is 5.76 Å². The van der Waals surface area contributed by atoms with Gasteiger partial charge in [-0.2, -0.15) is 0 Å². The molecule has 0 radical (unpaired) electrons. The third-order valence-corrected chi connectivity index (χ3v) is 3.20. The Morgan fingerprint density at radius 3 is 2.75 bits per heavy atom. The highest BCUT2D eigenvalue weighted by Gasteiger charge is 2.15. The lowest BCUT2D eigenvalue weighted by Gasteiger charge is -2.04. The van der Waals surface area contributed by atoms with Crippen molar-refractivity contribution in [2.45, 2.75) is 24.7 Å². The van der Waals surface area contributed by atoms with Gasteiger partial charge in [0.25, 0.3) is 10.0 Å². The molecular formula is C9H16N2O4S. The van der Waals surface area contributed by atoms with Crippen LogP contribution >= 0.6 is 0 Å². The normalized spacial score (nSPS) is 13.9. The molecule has 0 spiro atoms. The summed E-state index contributed by atoms with van der Waals surface area (Å²) in [5.74, 6) is 0.509. The van der Waals surface area contributed by atoms with Crippen molar-refractivity contribution in [3.8, 4) is 0 Å². The first-order valence-corrected chi connectivity index (χ1v) is 6.35. The predicted octanol–water partition coefficient (Wildman–Crippen LogP) is -0.342. The molecule has 92 valence electrons. The molecule has 1 atom stereocenters. The van der Waals surface area contributed by atoms with Gasteiger partial charge in [-0.15, -0.1) is 0 Å². The zero-order chi connectivity index (χ0) is 12.2. The van der Waals surface area contributed by atoms with Crippen LogP contribution in [0.2, 0.25) is 0 Å². The predicted molar refractivity (Wildman–Crippen MR) is 58.3 cm³/mol. The summed E-state index contributed by atoms with van der Waals surface area (Å²) in [6.45, 7) is 2.46. The monoisotopic (exact) mass is 248 g/mol. The lowest BCUT2D eigenvalue weighted by Crippen LogP contribution is -2.23. The highest BCUT2D eigenvalue weighted by molar-refractivity contribution is 7.89. The van der Waals surface area contributed by atoms with Crippen molar-refractivity contribution in [1.29, 1.82) is 0 Å². The van der Waals surface area contributed by atoms with Crippen LogP contribution < -0.4 is 10.0 Å². The van der Waals surface area contributed by atoms with Crippen LogP contribution in [0.3, 0.4) is 0 Å². The van der Waals surface area contributed by atoms with Gasteiger partial charge in [0, 0.05) is 6.54 Å². The van der Waals surface area contributed by atoms with Gasteiger partial charge in [-0.3, -0.25) is 0 Å². The number of nitrogens with one attached hydrogen (secondary N) is 2. The number of sulfonamides is 1. The van der Waals surface area contributed by atoms with Crippen molar-refractivity contribution in [3.05, 3.63) is 17.9 Å². The minimum atomic E-state index is -3.51. The topological polar surface area (TPSA) is 91.6 Å². The van der Waals surface area contributed by atoms with E-state index >= 15 is 0 Å². The molecule has 0 aliphatic heterocycles. The van der Waals surface area contributed by atoms with E-state index in [4.69, 9.17) is 9.52 Å². The van der Waals surface area contributed by atoms with E-state index in [-0.39, 0.29) is 5.09 Å². The second kappa shape index (κ2) is 5.44. The summed E-state index contributed by atoms with van der Waals surface area (Å²) in [4.78, 5) is 0. The first kappa shape index (κ1) is 13.2. The van der Waals surface area contributed by atoms with Gasteiger partial charge in [-0.05, 0) is 26.1 Å². The van der Waals surface area contributed by atoms with Crippen LogP contribution in [0.1, 0.15) is 12.7 Å². The molecule has 1 heterocycles. The SMILES string of the molecule is CNS(=O)(=O)c1ccc(CNCC(C)O)o1. The molecule has 1 aromatic rings. The lowest BCUT2D eigenvalue weighted by atomic mass is 10.4. The molecule has 1 aromatic heterocycles. The number of aliphatic hydroxyl groups is 1. The van der Waals surface area contributed by atoms with Crippen LogP contribution in [0.25, 0.3) is 0 Å². The molecule has 0 saturated heterocycles. The van der Waals surface area contributed by atoms with Crippen LogP contribution in [0.15, 0.2) is 21.6 Å². The van der Waals surface area contributed by atoms with Crippen molar-refractivity contribution < 1.29 is 17.9 Å². The van der Waals surface area contributed by atoms with Gasteiger partial charge in [-0.1, -0.05) is 0 Å². The van der Waals surface area contributed by atoms with Crippen LogP contribution in [0.5, 0.6) is 0 Å². The summed E-state index contributed by atoms with van der Waals surface area (Å²) in [6, 6.07) is 2.98. The first-order chi connectivity index (χ1) is 7.45. The van der Waals surface area contributed by atoms with Crippen LogP contribution in [-0.4, -0.2) is 33.2 Å². The molecule has 1 rings (SSSR count). The summed E-state index contributed by atoms with van der Waals surface area (Å²) >= 11 is 0. The van der Waals surface area contributed by atoms with E-state index in [0.29, 0.717) is 18.8 Å². The van der Waals surface area contributed by atoms with E-state index in [9.17, 15) is 8.42 Å². The average molecular weight is 248 g/mol. The largest absolute Gasteiger partial charge is 0.447 e. The Hall–Kier alpha value is -0.890. The minimum Gasteiger partial charge on any atom is -0.447 e. The Morgan fingerprint density at radius 1 is 1.50 bits per heavy atom.